The Kier molecular flexibility index (Phi) is 5.12. The predicted molar refractivity (Wildman–Crippen MR) is 115 cm³/mol. The molecule has 3 aromatic rings. The standard InChI is InChI=1S/C23H22F3N5O2/c1-12-6-17-18(8-16(12)23(24,25)26)29-22(28-17)27-9-13-2-3-14-10-31(11-15(14)7-13)19-4-5-20(32)30-21(19)33/h2-3,6-8,19H,4-5,9-11H2,1H3,(H2,27,28,29)(H,30,32,33). The lowest BCUT2D eigenvalue weighted by Gasteiger charge is -2.29. The summed E-state index contributed by atoms with van der Waals surface area (Å²) < 4.78 is 39.5. The minimum Gasteiger partial charge on any atom is -0.352 e. The van der Waals surface area contributed by atoms with Gasteiger partial charge >= 0.3 is 6.18 Å². The number of alkyl halides is 3. The van der Waals surface area contributed by atoms with Crippen LogP contribution in [-0.2, 0) is 35.4 Å². The minimum atomic E-state index is -4.42. The van der Waals surface area contributed by atoms with Crippen LogP contribution in [0.2, 0.25) is 0 Å². The molecule has 1 saturated heterocycles. The number of imide groups is 1. The van der Waals surface area contributed by atoms with Gasteiger partial charge < -0.3 is 10.3 Å². The van der Waals surface area contributed by atoms with E-state index < -0.39 is 11.7 Å². The van der Waals surface area contributed by atoms with Crippen molar-refractivity contribution in [2.75, 3.05) is 5.32 Å². The molecule has 7 nitrogen and oxygen atoms in total. The van der Waals surface area contributed by atoms with E-state index >= 15 is 0 Å². The summed E-state index contributed by atoms with van der Waals surface area (Å²) in [5.41, 5.74) is 3.50. The van der Waals surface area contributed by atoms with Crippen LogP contribution < -0.4 is 10.6 Å². The highest BCUT2D eigenvalue weighted by Gasteiger charge is 2.35. The summed E-state index contributed by atoms with van der Waals surface area (Å²) in [7, 11) is 0. The average Bonchev–Trinajstić information content (AvgIpc) is 3.33. The van der Waals surface area contributed by atoms with Crippen LogP contribution in [0.15, 0.2) is 30.3 Å². The van der Waals surface area contributed by atoms with Crippen molar-refractivity contribution in [2.24, 2.45) is 0 Å². The van der Waals surface area contributed by atoms with E-state index in [1.54, 1.807) is 0 Å². The molecule has 5 rings (SSSR count). The topological polar surface area (TPSA) is 90.1 Å². The van der Waals surface area contributed by atoms with Crippen molar-refractivity contribution in [3.05, 3.63) is 58.1 Å². The van der Waals surface area contributed by atoms with Crippen molar-refractivity contribution >= 4 is 28.8 Å². The molecule has 2 aromatic carbocycles. The predicted octanol–water partition coefficient (Wildman–Crippen LogP) is 3.62. The first-order chi connectivity index (χ1) is 15.7. The molecule has 1 fully saturated rings. The first-order valence-electron chi connectivity index (χ1n) is 10.7. The molecular weight excluding hydrogens is 435 g/mol. The van der Waals surface area contributed by atoms with Crippen molar-refractivity contribution in [3.63, 3.8) is 0 Å². The summed E-state index contributed by atoms with van der Waals surface area (Å²) in [6.45, 7) is 3.15. The summed E-state index contributed by atoms with van der Waals surface area (Å²) in [6, 6.07) is 8.27. The molecule has 0 spiro atoms. The number of benzene rings is 2. The molecule has 2 amide bonds. The summed E-state index contributed by atoms with van der Waals surface area (Å²) in [5, 5.41) is 5.55. The number of piperidine rings is 1. The molecule has 1 atom stereocenters. The van der Waals surface area contributed by atoms with Crippen LogP contribution in [0.25, 0.3) is 11.0 Å². The van der Waals surface area contributed by atoms with E-state index in [4.69, 9.17) is 0 Å². The lowest BCUT2D eigenvalue weighted by atomic mass is 10.0. The van der Waals surface area contributed by atoms with Gasteiger partial charge in [0.05, 0.1) is 22.6 Å². The fourth-order valence-corrected chi connectivity index (χ4v) is 4.58. The smallest absolute Gasteiger partial charge is 0.352 e. The molecule has 0 bridgehead atoms. The van der Waals surface area contributed by atoms with Crippen LogP contribution in [0.3, 0.4) is 0 Å². The average molecular weight is 457 g/mol. The molecule has 3 N–H and O–H groups in total. The number of nitrogens with zero attached hydrogens (tertiary/aromatic N) is 2. The number of H-pyrrole nitrogens is 1. The Labute approximate surface area is 187 Å². The first-order valence-corrected chi connectivity index (χ1v) is 10.7. The normalized spacial score (nSPS) is 19.1. The zero-order valence-electron chi connectivity index (χ0n) is 17.8. The van der Waals surface area contributed by atoms with E-state index in [0.29, 0.717) is 43.9 Å². The molecule has 0 radical (unpaired) electrons. The number of aromatic nitrogens is 2. The number of hydrogen-bond acceptors (Lipinski definition) is 5. The third-order valence-corrected chi connectivity index (χ3v) is 6.26. The molecule has 0 aliphatic carbocycles. The van der Waals surface area contributed by atoms with Gasteiger partial charge in [0.1, 0.15) is 0 Å². The number of halogens is 3. The number of anilines is 1. The first kappa shape index (κ1) is 21.4. The highest BCUT2D eigenvalue weighted by Crippen LogP contribution is 2.34. The maximum atomic E-state index is 13.2. The third kappa shape index (κ3) is 4.18. The van der Waals surface area contributed by atoms with E-state index in [-0.39, 0.29) is 28.9 Å². The Morgan fingerprint density at radius 1 is 1.15 bits per heavy atom. The monoisotopic (exact) mass is 457 g/mol. The van der Waals surface area contributed by atoms with E-state index in [2.05, 4.69) is 31.6 Å². The van der Waals surface area contributed by atoms with Gasteiger partial charge in [0, 0.05) is 26.1 Å². The zero-order chi connectivity index (χ0) is 23.3. The second-order valence-corrected chi connectivity index (χ2v) is 8.60. The minimum absolute atomic E-state index is 0.143. The molecule has 1 unspecified atom stereocenters. The molecule has 33 heavy (non-hydrogen) atoms. The molecule has 10 heteroatoms. The number of imidazole rings is 1. The van der Waals surface area contributed by atoms with E-state index in [1.165, 1.54) is 13.0 Å². The number of carbonyl (C=O) groups excluding carboxylic acids is 2. The molecule has 1 aromatic heterocycles. The molecule has 0 saturated carbocycles. The second kappa shape index (κ2) is 7.87. The molecule has 3 heterocycles. The number of aryl methyl sites for hydroxylation is 1. The Bertz CT molecular complexity index is 1270. The van der Waals surface area contributed by atoms with E-state index in [9.17, 15) is 22.8 Å². The largest absolute Gasteiger partial charge is 0.416 e. The number of carbonyl (C=O) groups is 2. The van der Waals surface area contributed by atoms with Gasteiger partial charge in [-0.1, -0.05) is 18.2 Å². The molecule has 172 valence electrons. The van der Waals surface area contributed by atoms with Crippen molar-refractivity contribution in [1.82, 2.24) is 20.2 Å². The van der Waals surface area contributed by atoms with Gasteiger partial charge in [0.25, 0.3) is 0 Å². The fraction of sp³-hybridized carbons (Fsp3) is 0.348. The summed E-state index contributed by atoms with van der Waals surface area (Å²) in [5.74, 6) is -0.0687. The van der Waals surface area contributed by atoms with Crippen LogP contribution in [-0.4, -0.2) is 32.7 Å². The third-order valence-electron chi connectivity index (χ3n) is 6.26. The number of aromatic amines is 1. The van der Waals surface area contributed by atoms with Crippen molar-refractivity contribution in [3.8, 4) is 0 Å². The number of amides is 2. The van der Waals surface area contributed by atoms with Gasteiger partial charge in [0.15, 0.2) is 0 Å². The maximum absolute atomic E-state index is 13.2. The van der Waals surface area contributed by atoms with Gasteiger partial charge in [-0.15, -0.1) is 0 Å². The van der Waals surface area contributed by atoms with Crippen molar-refractivity contribution in [1.29, 1.82) is 0 Å². The number of hydrogen-bond donors (Lipinski definition) is 3. The van der Waals surface area contributed by atoms with Crippen molar-refractivity contribution < 1.29 is 22.8 Å². The van der Waals surface area contributed by atoms with Crippen LogP contribution in [0.4, 0.5) is 19.1 Å². The van der Waals surface area contributed by atoms with Gasteiger partial charge in [0.2, 0.25) is 17.8 Å². The molecular formula is C23H22F3N5O2. The van der Waals surface area contributed by atoms with Crippen LogP contribution in [0, 0.1) is 6.92 Å². The van der Waals surface area contributed by atoms with Gasteiger partial charge in [-0.3, -0.25) is 19.8 Å². The quantitative estimate of drug-likeness (QED) is 0.521. The Morgan fingerprint density at radius 3 is 2.70 bits per heavy atom. The highest BCUT2D eigenvalue weighted by atomic mass is 19.4. The Hall–Kier alpha value is -3.40. The fourth-order valence-electron chi connectivity index (χ4n) is 4.58. The van der Waals surface area contributed by atoms with Crippen LogP contribution in [0.5, 0.6) is 0 Å². The van der Waals surface area contributed by atoms with Crippen LogP contribution >= 0.6 is 0 Å². The zero-order valence-corrected chi connectivity index (χ0v) is 17.8. The summed E-state index contributed by atoms with van der Waals surface area (Å²) >= 11 is 0. The molecule has 2 aliphatic heterocycles. The lowest BCUT2D eigenvalue weighted by molar-refractivity contribution is -0.139. The van der Waals surface area contributed by atoms with E-state index in [1.807, 2.05) is 12.1 Å². The van der Waals surface area contributed by atoms with Gasteiger partial charge in [-0.2, -0.15) is 13.2 Å². The summed E-state index contributed by atoms with van der Waals surface area (Å²) in [6.07, 6.45) is -3.55. The Balaban J connectivity index is 1.27. The van der Waals surface area contributed by atoms with E-state index in [0.717, 1.165) is 22.8 Å². The highest BCUT2D eigenvalue weighted by molar-refractivity contribution is 6.00. The number of rotatable bonds is 4. The molecule has 2 aliphatic rings. The lowest BCUT2D eigenvalue weighted by Crippen LogP contribution is -2.50. The Morgan fingerprint density at radius 2 is 1.94 bits per heavy atom. The summed E-state index contributed by atoms with van der Waals surface area (Å²) in [4.78, 5) is 32.9. The SMILES string of the molecule is Cc1cc2[nH]c(NCc3ccc4c(c3)CN(C3CCC(=O)NC3=O)C4)nc2cc1C(F)(F)F. The number of nitrogens with one attached hydrogen (secondary N) is 3. The van der Waals surface area contributed by atoms with Gasteiger partial charge in [-0.25, -0.2) is 4.98 Å². The van der Waals surface area contributed by atoms with Crippen LogP contribution in [0.1, 0.15) is 40.7 Å². The van der Waals surface area contributed by atoms with Gasteiger partial charge in [-0.05, 0) is 47.7 Å². The maximum Gasteiger partial charge on any atom is 0.416 e. The van der Waals surface area contributed by atoms with Crippen molar-refractivity contribution in [2.45, 2.75) is 51.6 Å². The number of fused-ring (bicyclic) bond motifs is 2. The second-order valence-electron chi connectivity index (χ2n) is 8.60.